The number of nitrogens with one attached hydrogen (secondary N) is 2. The van der Waals surface area contributed by atoms with Crippen LogP contribution < -0.4 is 10.6 Å². The molecule has 2 unspecified atom stereocenters. The van der Waals surface area contributed by atoms with Gasteiger partial charge >= 0.3 is 0 Å². The molecule has 2 N–H and O–H groups in total. The standard InChI is InChI=1S/C21H36BrN5.HI/c1-5-18(13-19-7-6-8-20(22)14-19)16-25-21(23-3)24-15-17(2)27-11-9-26(4)10-12-27;/h6-8,14,17-18H,5,9-13,15-16H2,1-4H3,(H2,23,24,25);1H. The van der Waals surface area contributed by atoms with Crippen LogP contribution in [0.3, 0.4) is 0 Å². The van der Waals surface area contributed by atoms with E-state index < -0.39 is 0 Å². The van der Waals surface area contributed by atoms with Gasteiger partial charge in [0.2, 0.25) is 0 Å². The van der Waals surface area contributed by atoms with E-state index in [1.807, 2.05) is 7.05 Å². The van der Waals surface area contributed by atoms with E-state index in [0.29, 0.717) is 12.0 Å². The highest BCUT2D eigenvalue weighted by Crippen LogP contribution is 2.16. The van der Waals surface area contributed by atoms with Gasteiger partial charge in [-0.05, 0) is 44.0 Å². The van der Waals surface area contributed by atoms with E-state index in [2.05, 4.69) is 86.5 Å². The molecule has 2 rings (SSSR count). The predicted molar refractivity (Wildman–Crippen MR) is 135 cm³/mol. The van der Waals surface area contributed by atoms with Crippen molar-refractivity contribution in [3.05, 3.63) is 34.3 Å². The molecule has 0 bridgehead atoms. The molecule has 1 aliphatic heterocycles. The number of nitrogens with zero attached hydrogens (tertiary/aromatic N) is 3. The molecule has 0 spiro atoms. The highest BCUT2D eigenvalue weighted by molar-refractivity contribution is 14.0. The minimum atomic E-state index is 0. The Kier molecular flexibility index (Phi) is 12.6. The SMILES string of the molecule is CCC(CNC(=NC)NCC(C)N1CCN(C)CC1)Cc1cccc(Br)c1.I. The van der Waals surface area contributed by atoms with Gasteiger partial charge in [0.1, 0.15) is 0 Å². The quantitative estimate of drug-likeness (QED) is 0.288. The highest BCUT2D eigenvalue weighted by Gasteiger charge is 2.19. The van der Waals surface area contributed by atoms with Crippen LogP contribution in [0.5, 0.6) is 0 Å². The number of halogens is 2. The van der Waals surface area contributed by atoms with Crippen LogP contribution in [0, 0.1) is 5.92 Å². The number of rotatable bonds is 8. The molecule has 0 radical (unpaired) electrons. The van der Waals surface area contributed by atoms with E-state index in [-0.39, 0.29) is 24.0 Å². The van der Waals surface area contributed by atoms with Gasteiger partial charge in [0, 0.05) is 56.8 Å². The van der Waals surface area contributed by atoms with E-state index in [0.717, 1.165) is 62.5 Å². The highest BCUT2D eigenvalue weighted by atomic mass is 127. The van der Waals surface area contributed by atoms with Crippen molar-refractivity contribution < 1.29 is 0 Å². The van der Waals surface area contributed by atoms with Gasteiger partial charge in [-0.1, -0.05) is 41.4 Å². The lowest BCUT2D eigenvalue weighted by Gasteiger charge is -2.36. The maximum absolute atomic E-state index is 4.40. The van der Waals surface area contributed by atoms with Crippen LogP contribution in [0.1, 0.15) is 25.8 Å². The van der Waals surface area contributed by atoms with Crippen molar-refractivity contribution in [1.29, 1.82) is 0 Å². The average molecular weight is 566 g/mol. The Hall–Kier alpha value is -0.380. The van der Waals surface area contributed by atoms with Crippen LogP contribution in [0.4, 0.5) is 0 Å². The Morgan fingerprint density at radius 1 is 1.18 bits per heavy atom. The first-order chi connectivity index (χ1) is 13.0. The first-order valence-corrected chi connectivity index (χ1v) is 10.9. The number of hydrogen-bond donors (Lipinski definition) is 2. The minimum Gasteiger partial charge on any atom is -0.356 e. The Morgan fingerprint density at radius 2 is 1.86 bits per heavy atom. The molecule has 1 aromatic carbocycles. The molecule has 0 aliphatic carbocycles. The molecule has 28 heavy (non-hydrogen) atoms. The molecule has 0 saturated carbocycles. The fourth-order valence-corrected chi connectivity index (χ4v) is 3.90. The van der Waals surface area contributed by atoms with Crippen molar-refractivity contribution in [2.75, 3.05) is 53.4 Å². The number of piperazine rings is 1. The fraction of sp³-hybridized carbons (Fsp3) is 0.667. The third kappa shape index (κ3) is 8.97. The predicted octanol–water partition coefficient (Wildman–Crippen LogP) is 3.44. The number of guanidine groups is 1. The van der Waals surface area contributed by atoms with Crippen molar-refractivity contribution in [2.24, 2.45) is 10.9 Å². The molecular weight excluding hydrogens is 529 g/mol. The molecular formula is C21H37BrIN5. The Morgan fingerprint density at radius 3 is 2.46 bits per heavy atom. The average Bonchev–Trinajstić information content (AvgIpc) is 2.67. The van der Waals surface area contributed by atoms with Gasteiger partial charge in [0.05, 0.1) is 0 Å². The molecule has 0 amide bonds. The second kappa shape index (κ2) is 13.8. The lowest BCUT2D eigenvalue weighted by Crippen LogP contribution is -2.52. The molecule has 1 aromatic rings. The van der Waals surface area contributed by atoms with E-state index in [4.69, 9.17) is 0 Å². The van der Waals surface area contributed by atoms with Crippen molar-refractivity contribution in [1.82, 2.24) is 20.4 Å². The zero-order valence-electron chi connectivity index (χ0n) is 17.7. The lowest BCUT2D eigenvalue weighted by atomic mass is 9.97. The van der Waals surface area contributed by atoms with E-state index in [1.54, 1.807) is 0 Å². The third-order valence-electron chi connectivity index (χ3n) is 5.50. The van der Waals surface area contributed by atoms with Gasteiger partial charge in [-0.15, -0.1) is 24.0 Å². The fourth-order valence-electron chi connectivity index (χ4n) is 3.46. The largest absolute Gasteiger partial charge is 0.356 e. The summed E-state index contributed by atoms with van der Waals surface area (Å²) in [6, 6.07) is 9.13. The number of benzene rings is 1. The van der Waals surface area contributed by atoms with Crippen molar-refractivity contribution in [3.63, 3.8) is 0 Å². The number of hydrogen-bond acceptors (Lipinski definition) is 3. The monoisotopic (exact) mass is 565 g/mol. The van der Waals surface area contributed by atoms with Gasteiger partial charge in [-0.2, -0.15) is 0 Å². The van der Waals surface area contributed by atoms with Gasteiger partial charge in [0.25, 0.3) is 0 Å². The van der Waals surface area contributed by atoms with Gasteiger partial charge in [-0.25, -0.2) is 0 Å². The van der Waals surface area contributed by atoms with E-state index in [1.165, 1.54) is 5.56 Å². The normalized spacial score (nSPS) is 18.2. The first-order valence-electron chi connectivity index (χ1n) is 10.1. The van der Waals surface area contributed by atoms with Crippen LogP contribution >= 0.6 is 39.9 Å². The van der Waals surface area contributed by atoms with Crippen molar-refractivity contribution in [3.8, 4) is 0 Å². The van der Waals surface area contributed by atoms with E-state index in [9.17, 15) is 0 Å². The zero-order chi connectivity index (χ0) is 19.6. The van der Waals surface area contributed by atoms with Gasteiger partial charge in [-0.3, -0.25) is 9.89 Å². The van der Waals surface area contributed by atoms with Crippen LogP contribution in [0.25, 0.3) is 0 Å². The second-order valence-electron chi connectivity index (χ2n) is 7.63. The summed E-state index contributed by atoms with van der Waals surface area (Å²) >= 11 is 3.57. The molecule has 1 heterocycles. The lowest BCUT2D eigenvalue weighted by molar-refractivity contribution is 0.120. The molecule has 160 valence electrons. The Bertz CT molecular complexity index is 590. The summed E-state index contributed by atoms with van der Waals surface area (Å²) in [5.74, 6) is 1.50. The van der Waals surface area contributed by atoms with Crippen LogP contribution in [0.15, 0.2) is 33.7 Å². The van der Waals surface area contributed by atoms with Crippen LogP contribution in [0.2, 0.25) is 0 Å². The summed E-state index contributed by atoms with van der Waals surface area (Å²) in [6.07, 6.45) is 2.23. The van der Waals surface area contributed by atoms with Crippen molar-refractivity contribution in [2.45, 2.75) is 32.7 Å². The second-order valence-corrected chi connectivity index (χ2v) is 8.55. The summed E-state index contributed by atoms with van der Waals surface area (Å²) in [5, 5.41) is 7.03. The van der Waals surface area contributed by atoms with Gasteiger partial charge in [0.15, 0.2) is 5.96 Å². The third-order valence-corrected chi connectivity index (χ3v) is 5.99. The van der Waals surface area contributed by atoms with Crippen LogP contribution in [-0.4, -0.2) is 75.2 Å². The molecule has 1 fully saturated rings. The maximum Gasteiger partial charge on any atom is 0.191 e. The Labute approximate surface area is 196 Å². The number of likely N-dealkylation sites (N-methyl/N-ethyl adjacent to an activating group) is 1. The summed E-state index contributed by atoms with van der Waals surface area (Å²) in [7, 11) is 4.05. The summed E-state index contributed by atoms with van der Waals surface area (Å²) < 4.78 is 1.15. The zero-order valence-corrected chi connectivity index (χ0v) is 21.7. The molecule has 7 heteroatoms. The van der Waals surface area contributed by atoms with Crippen LogP contribution in [-0.2, 0) is 6.42 Å². The molecule has 0 aromatic heterocycles. The molecule has 1 aliphatic rings. The maximum atomic E-state index is 4.40. The Balaban J connectivity index is 0.00000392. The minimum absolute atomic E-state index is 0. The summed E-state index contributed by atoms with van der Waals surface area (Å²) in [5.41, 5.74) is 1.38. The molecule has 2 atom stereocenters. The topological polar surface area (TPSA) is 42.9 Å². The molecule has 5 nitrogen and oxygen atoms in total. The summed E-state index contributed by atoms with van der Waals surface area (Å²) in [4.78, 5) is 9.36. The molecule has 1 saturated heterocycles. The summed E-state index contributed by atoms with van der Waals surface area (Å²) in [6.45, 7) is 11.0. The smallest absolute Gasteiger partial charge is 0.191 e. The van der Waals surface area contributed by atoms with Crippen molar-refractivity contribution >= 4 is 45.9 Å². The number of aliphatic imine (C=N–C) groups is 1. The first kappa shape index (κ1) is 25.7. The van der Waals surface area contributed by atoms with E-state index >= 15 is 0 Å². The van der Waals surface area contributed by atoms with Gasteiger partial charge < -0.3 is 15.5 Å².